The van der Waals surface area contributed by atoms with E-state index in [-0.39, 0.29) is 18.6 Å². The molecule has 0 radical (unpaired) electrons. The standard InChI is InChI=1S/C12H24N2O4/c1-10(8-17-3)14(5-7-16-2)11(15)12(13)4-6-18-9-12/h10H,4-9,13H2,1-3H3. The van der Waals surface area contributed by atoms with Gasteiger partial charge in [0.15, 0.2) is 0 Å². The maximum absolute atomic E-state index is 12.5. The van der Waals surface area contributed by atoms with Gasteiger partial charge in [-0.15, -0.1) is 0 Å². The summed E-state index contributed by atoms with van der Waals surface area (Å²) in [7, 11) is 3.23. The van der Waals surface area contributed by atoms with Gasteiger partial charge < -0.3 is 24.8 Å². The molecule has 6 heteroatoms. The fraction of sp³-hybridized carbons (Fsp3) is 0.917. The Bertz CT molecular complexity index is 267. The van der Waals surface area contributed by atoms with Crippen LogP contribution in [0.3, 0.4) is 0 Å². The second-order valence-electron chi connectivity index (χ2n) is 4.75. The van der Waals surface area contributed by atoms with Crippen molar-refractivity contribution in [3.8, 4) is 0 Å². The quantitative estimate of drug-likeness (QED) is 0.675. The number of methoxy groups -OCH3 is 2. The van der Waals surface area contributed by atoms with Gasteiger partial charge in [0.2, 0.25) is 5.91 Å². The molecule has 6 nitrogen and oxygen atoms in total. The molecule has 1 aliphatic rings. The number of nitrogens with zero attached hydrogens (tertiary/aromatic N) is 1. The summed E-state index contributed by atoms with van der Waals surface area (Å²) in [6, 6.07) is -0.0290. The van der Waals surface area contributed by atoms with Crippen molar-refractivity contribution in [3.63, 3.8) is 0 Å². The van der Waals surface area contributed by atoms with E-state index in [1.54, 1.807) is 19.1 Å². The second-order valence-corrected chi connectivity index (χ2v) is 4.75. The summed E-state index contributed by atoms with van der Waals surface area (Å²) in [4.78, 5) is 14.2. The molecule has 0 aliphatic carbocycles. The molecule has 1 amide bonds. The topological polar surface area (TPSA) is 74.0 Å². The number of nitrogens with two attached hydrogens (primary N) is 1. The van der Waals surface area contributed by atoms with Gasteiger partial charge in [0.25, 0.3) is 0 Å². The summed E-state index contributed by atoms with van der Waals surface area (Å²) in [5, 5.41) is 0. The first-order chi connectivity index (χ1) is 8.55. The van der Waals surface area contributed by atoms with Gasteiger partial charge >= 0.3 is 0 Å². The molecule has 1 saturated heterocycles. The molecule has 2 N–H and O–H groups in total. The lowest BCUT2D eigenvalue weighted by Crippen LogP contribution is -2.59. The summed E-state index contributed by atoms with van der Waals surface area (Å²) in [6.07, 6.45) is 0.565. The highest BCUT2D eigenvalue weighted by Gasteiger charge is 2.42. The molecule has 18 heavy (non-hydrogen) atoms. The lowest BCUT2D eigenvalue weighted by Gasteiger charge is -2.34. The van der Waals surface area contributed by atoms with E-state index >= 15 is 0 Å². The van der Waals surface area contributed by atoms with E-state index < -0.39 is 5.54 Å². The normalized spacial score (nSPS) is 25.1. The van der Waals surface area contributed by atoms with Gasteiger partial charge in [0.1, 0.15) is 5.54 Å². The number of hydrogen-bond acceptors (Lipinski definition) is 5. The average molecular weight is 260 g/mol. The van der Waals surface area contributed by atoms with Crippen molar-refractivity contribution in [3.05, 3.63) is 0 Å². The first kappa shape index (κ1) is 15.4. The Morgan fingerprint density at radius 1 is 1.50 bits per heavy atom. The number of hydrogen-bond donors (Lipinski definition) is 1. The lowest BCUT2D eigenvalue weighted by atomic mass is 9.97. The van der Waals surface area contributed by atoms with Crippen LogP contribution in [0.1, 0.15) is 13.3 Å². The maximum Gasteiger partial charge on any atom is 0.245 e. The number of ether oxygens (including phenoxy) is 3. The minimum atomic E-state index is -0.893. The molecule has 0 spiro atoms. The fourth-order valence-electron chi connectivity index (χ4n) is 2.08. The summed E-state index contributed by atoms with van der Waals surface area (Å²) in [6.45, 7) is 4.24. The van der Waals surface area contributed by atoms with E-state index in [0.29, 0.717) is 32.8 Å². The number of carbonyl (C=O) groups excluding carboxylic acids is 1. The third-order valence-corrected chi connectivity index (χ3v) is 3.22. The molecule has 106 valence electrons. The highest BCUT2D eigenvalue weighted by molar-refractivity contribution is 5.87. The zero-order valence-electron chi connectivity index (χ0n) is 11.5. The Kier molecular flexibility index (Phi) is 6.01. The van der Waals surface area contributed by atoms with Crippen LogP contribution in [0.25, 0.3) is 0 Å². The molecular weight excluding hydrogens is 236 g/mol. The first-order valence-electron chi connectivity index (χ1n) is 6.20. The second kappa shape index (κ2) is 7.04. The van der Waals surface area contributed by atoms with E-state index in [9.17, 15) is 4.79 Å². The molecule has 0 aromatic heterocycles. The fourth-order valence-corrected chi connectivity index (χ4v) is 2.08. The van der Waals surface area contributed by atoms with Crippen molar-refractivity contribution in [1.29, 1.82) is 0 Å². The summed E-state index contributed by atoms with van der Waals surface area (Å²) in [5.41, 5.74) is 5.22. The van der Waals surface area contributed by atoms with Crippen LogP contribution in [0.2, 0.25) is 0 Å². The van der Waals surface area contributed by atoms with Crippen LogP contribution in [0.4, 0.5) is 0 Å². The Morgan fingerprint density at radius 2 is 2.22 bits per heavy atom. The van der Waals surface area contributed by atoms with Crippen molar-refractivity contribution >= 4 is 5.91 Å². The molecule has 1 aliphatic heterocycles. The van der Waals surface area contributed by atoms with Gasteiger partial charge in [-0.05, 0) is 13.3 Å². The van der Waals surface area contributed by atoms with Crippen LogP contribution >= 0.6 is 0 Å². The SMILES string of the molecule is COCCN(C(=O)C1(N)CCOC1)C(C)COC. The first-order valence-corrected chi connectivity index (χ1v) is 6.20. The summed E-state index contributed by atoms with van der Waals surface area (Å²) < 4.78 is 15.4. The molecule has 0 bridgehead atoms. The van der Waals surface area contributed by atoms with Crippen LogP contribution < -0.4 is 5.73 Å². The minimum absolute atomic E-state index is 0.0290. The van der Waals surface area contributed by atoms with Crippen LogP contribution in [-0.4, -0.2) is 69.6 Å². The number of rotatable bonds is 7. The third kappa shape index (κ3) is 3.65. The summed E-state index contributed by atoms with van der Waals surface area (Å²) in [5.74, 6) is -0.0819. The predicted octanol–water partition coefficient (Wildman–Crippen LogP) is -0.386. The van der Waals surface area contributed by atoms with Crippen LogP contribution in [0, 0.1) is 0 Å². The molecule has 0 saturated carbocycles. The van der Waals surface area contributed by atoms with Gasteiger partial charge in [0, 0.05) is 27.4 Å². The maximum atomic E-state index is 12.5. The Morgan fingerprint density at radius 3 is 2.72 bits per heavy atom. The van der Waals surface area contributed by atoms with E-state index in [4.69, 9.17) is 19.9 Å². The number of amides is 1. The molecule has 1 fully saturated rings. The Balaban J connectivity index is 2.71. The Hall–Kier alpha value is -0.690. The largest absolute Gasteiger partial charge is 0.383 e. The van der Waals surface area contributed by atoms with E-state index in [1.165, 1.54) is 0 Å². The molecule has 2 unspecified atom stereocenters. The third-order valence-electron chi connectivity index (χ3n) is 3.22. The Labute approximate surface area is 108 Å². The van der Waals surface area contributed by atoms with Gasteiger partial charge in [-0.3, -0.25) is 4.79 Å². The average Bonchev–Trinajstić information content (AvgIpc) is 2.78. The van der Waals surface area contributed by atoms with Gasteiger partial charge in [-0.2, -0.15) is 0 Å². The molecule has 0 aromatic rings. The lowest BCUT2D eigenvalue weighted by molar-refractivity contribution is -0.141. The molecular formula is C12H24N2O4. The minimum Gasteiger partial charge on any atom is -0.383 e. The molecule has 1 rings (SSSR count). The van der Waals surface area contributed by atoms with Crippen LogP contribution in [0.5, 0.6) is 0 Å². The van der Waals surface area contributed by atoms with E-state index in [0.717, 1.165) is 0 Å². The van der Waals surface area contributed by atoms with E-state index in [1.807, 2.05) is 6.92 Å². The van der Waals surface area contributed by atoms with Gasteiger partial charge in [0.05, 0.1) is 25.9 Å². The van der Waals surface area contributed by atoms with Crippen molar-refractivity contribution in [2.75, 3.05) is 47.2 Å². The van der Waals surface area contributed by atoms with Crippen molar-refractivity contribution < 1.29 is 19.0 Å². The smallest absolute Gasteiger partial charge is 0.245 e. The van der Waals surface area contributed by atoms with Crippen molar-refractivity contribution in [2.24, 2.45) is 5.73 Å². The van der Waals surface area contributed by atoms with Crippen molar-refractivity contribution in [2.45, 2.75) is 24.9 Å². The highest BCUT2D eigenvalue weighted by atomic mass is 16.5. The van der Waals surface area contributed by atoms with Gasteiger partial charge in [-0.1, -0.05) is 0 Å². The van der Waals surface area contributed by atoms with Crippen LogP contribution in [-0.2, 0) is 19.0 Å². The zero-order chi connectivity index (χ0) is 13.6. The molecule has 0 aromatic carbocycles. The number of carbonyl (C=O) groups is 1. The zero-order valence-corrected chi connectivity index (χ0v) is 11.5. The highest BCUT2D eigenvalue weighted by Crippen LogP contribution is 2.20. The van der Waals surface area contributed by atoms with Gasteiger partial charge in [-0.25, -0.2) is 0 Å². The summed E-state index contributed by atoms with van der Waals surface area (Å²) >= 11 is 0. The monoisotopic (exact) mass is 260 g/mol. The molecule has 1 heterocycles. The predicted molar refractivity (Wildman–Crippen MR) is 67.3 cm³/mol. The molecule has 2 atom stereocenters. The van der Waals surface area contributed by atoms with Crippen LogP contribution in [0.15, 0.2) is 0 Å². The van der Waals surface area contributed by atoms with Crippen molar-refractivity contribution in [1.82, 2.24) is 4.90 Å². The van der Waals surface area contributed by atoms with E-state index in [2.05, 4.69) is 0 Å².